The Morgan fingerprint density at radius 2 is 2.00 bits per heavy atom. The SMILES string of the molecule is CCCCC[C@](C)(OC)C(=O)Nc1ccc(OC)c(C)c1. The van der Waals surface area contributed by atoms with Crippen molar-refractivity contribution < 1.29 is 14.3 Å². The van der Waals surface area contributed by atoms with Gasteiger partial charge in [0.15, 0.2) is 0 Å². The van der Waals surface area contributed by atoms with Gasteiger partial charge in [0, 0.05) is 12.8 Å². The summed E-state index contributed by atoms with van der Waals surface area (Å²) >= 11 is 0. The Morgan fingerprint density at radius 1 is 1.29 bits per heavy atom. The number of carbonyl (C=O) groups is 1. The van der Waals surface area contributed by atoms with Gasteiger partial charge in [-0.2, -0.15) is 0 Å². The maximum absolute atomic E-state index is 12.5. The lowest BCUT2D eigenvalue weighted by Gasteiger charge is -2.27. The number of hydrogen-bond acceptors (Lipinski definition) is 3. The number of methoxy groups -OCH3 is 2. The fourth-order valence-electron chi connectivity index (χ4n) is 2.24. The molecule has 1 aromatic carbocycles. The van der Waals surface area contributed by atoms with E-state index in [1.807, 2.05) is 32.0 Å². The lowest BCUT2D eigenvalue weighted by Crippen LogP contribution is -2.41. The Labute approximate surface area is 127 Å². The highest BCUT2D eigenvalue weighted by Gasteiger charge is 2.32. The van der Waals surface area contributed by atoms with E-state index in [0.717, 1.165) is 42.7 Å². The number of aryl methyl sites for hydroxylation is 1. The zero-order chi connectivity index (χ0) is 15.9. The minimum Gasteiger partial charge on any atom is -0.496 e. The highest BCUT2D eigenvalue weighted by atomic mass is 16.5. The highest BCUT2D eigenvalue weighted by molar-refractivity contribution is 5.97. The van der Waals surface area contributed by atoms with Crippen molar-refractivity contribution >= 4 is 11.6 Å². The Kier molecular flexibility index (Phi) is 6.69. The van der Waals surface area contributed by atoms with Gasteiger partial charge in [0.1, 0.15) is 11.4 Å². The molecule has 1 N–H and O–H groups in total. The molecule has 1 amide bonds. The van der Waals surface area contributed by atoms with Crippen molar-refractivity contribution in [2.24, 2.45) is 0 Å². The van der Waals surface area contributed by atoms with Crippen molar-refractivity contribution in [2.75, 3.05) is 19.5 Å². The zero-order valence-electron chi connectivity index (χ0n) is 13.8. The number of carbonyl (C=O) groups excluding carboxylic acids is 1. The maximum atomic E-state index is 12.5. The molecule has 0 saturated carbocycles. The third-order valence-electron chi connectivity index (χ3n) is 3.84. The second kappa shape index (κ2) is 8.03. The first kappa shape index (κ1) is 17.5. The van der Waals surface area contributed by atoms with Crippen LogP contribution in [-0.4, -0.2) is 25.7 Å². The quantitative estimate of drug-likeness (QED) is 0.739. The lowest BCUT2D eigenvalue weighted by atomic mass is 9.97. The molecule has 4 nitrogen and oxygen atoms in total. The van der Waals surface area contributed by atoms with Crippen LogP contribution in [0.4, 0.5) is 5.69 Å². The summed E-state index contributed by atoms with van der Waals surface area (Å²) in [5, 5.41) is 2.93. The van der Waals surface area contributed by atoms with Crippen LogP contribution in [0.3, 0.4) is 0 Å². The van der Waals surface area contributed by atoms with Gasteiger partial charge >= 0.3 is 0 Å². The van der Waals surface area contributed by atoms with Crippen LogP contribution >= 0.6 is 0 Å². The Morgan fingerprint density at radius 3 is 2.52 bits per heavy atom. The van der Waals surface area contributed by atoms with E-state index in [0.29, 0.717) is 0 Å². The smallest absolute Gasteiger partial charge is 0.256 e. The molecule has 0 aliphatic heterocycles. The van der Waals surface area contributed by atoms with Crippen LogP contribution in [0.15, 0.2) is 18.2 Å². The first-order valence-corrected chi connectivity index (χ1v) is 7.48. The maximum Gasteiger partial charge on any atom is 0.256 e. The average Bonchev–Trinajstić information content (AvgIpc) is 2.47. The molecule has 0 unspecified atom stereocenters. The molecule has 118 valence electrons. The molecule has 0 aromatic heterocycles. The molecular formula is C17H27NO3. The van der Waals surface area contributed by atoms with E-state index in [2.05, 4.69) is 12.2 Å². The minimum atomic E-state index is -0.789. The summed E-state index contributed by atoms with van der Waals surface area (Å²) in [4.78, 5) is 12.5. The van der Waals surface area contributed by atoms with Crippen LogP contribution in [0.25, 0.3) is 0 Å². The molecule has 1 rings (SSSR count). The summed E-state index contributed by atoms with van der Waals surface area (Å²) in [6.45, 7) is 5.93. The first-order valence-electron chi connectivity index (χ1n) is 7.48. The number of unbranched alkanes of at least 4 members (excludes halogenated alkanes) is 2. The van der Waals surface area contributed by atoms with Crippen molar-refractivity contribution in [2.45, 2.75) is 52.1 Å². The molecule has 0 saturated heterocycles. The van der Waals surface area contributed by atoms with Crippen LogP contribution in [0.2, 0.25) is 0 Å². The molecule has 0 radical (unpaired) electrons. The van der Waals surface area contributed by atoms with E-state index in [1.165, 1.54) is 0 Å². The van der Waals surface area contributed by atoms with E-state index in [9.17, 15) is 4.79 Å². The van der Waals surface area contributed by atoms with Gasteiger partial charge in [0.2, 0.25) is 0 Å². The Balaban J connectivity index is 2.75. The topological polar surface area (TPSA) is 47.6 Å². The standard InChI is InChI=1S/C17H27NO3/c1-6-7-8-11-17(3,21-5)16(19)18-14-9-10-15(20-4)13(2)12-14/h9-10,12H,6-8,11H2,1-5H3,(H,18,19)/t17-/m0/s1. The molecule has 0 spiro atoms. The van der Waals surface area contributed by atoms with Gasteiger partial charge in [0.25, 0.3) is 5.91 Å². The Bertz CT molecular complexity index is 473. The summed E-state index contributed by atoms with van der Waals surface area (Å²) in [7, 11) is 3.22. The van der Waals surface area contributed by atoms with Crippen LogP contribution in [0, 0.1) is 6.92 Å². The molecule has 1 atom stereocenters. The first-order chi connectivity index (χ1) is 9.96. The molecule has 21 heavy (non-hydrogen) atoms. The highest BCUT2D eigenvalue weighted by Crippen LogP contribution is 2.24. The number of anilines is 1. The van der Waals surface area contributed by atoms with Gasteiger partial charge in [-0.1, -0.05) is 26.2 Å². The van der Waals surface area contributed by atoms with E-state index in [1.54, 1.807) is 14.2 Å². The summed E-state index contributed by atoms with van der Waals surface area (Å²) < 4.78 is 10.7. The third kappa shape index (κ3) is 4.74. The second-order valence-electron chi connectivity index (χ2n) is 5.53. The number of amides is 1. The van der Waals surface area contributed by atoms with Crippen molar-refractivity contribution in [3.8, 4) is 5.75 Å². The lowest BCUT2D eigenvalue weighted by molar-refractivity contribution is -0.136. The molecule has 0 fully saturated rings. The predicted molar refractivity (Wildman–Crippen MR) is 85.9 cm³/mol. The summed E-state index contributed by atoms with van der Waals surface area (Å²) in [6.07, 6.45) is 3.93. The molecule has 1 aromatic rings. The van der Waals surface area contributed by atoms with Crippen molar-refractivity contribution in [3.63, 3.8) is 0 Å². The van der Waals surface area contributed by atoms with Crippen molar-refractivity contribution in [1.82, 2.24) is 0 Å². The van der Waals surface area contributed by atoms with E-state index < -0.39 is 5.60 Å². The van der Waals surface area contributed by atoms with Crippen molar-refractivity contribution in [1.29, 1.82) is 0 Å². The number of rotatable bonds is 8. The molecule has 0 aliphatic rings. The van der Waals surface area contributed by atoms with E-state index in [4.69, 9.17) is 9.47 Å². The van der Waals surface area contributed by atoms with Crippen LogP contribution in [0.5, 0.6) is 5.75 Å². The second-order valence-corrected chi connectivity index (χ2v) is 5.53. The normalized spacial score (nSPS) is 13.6. The molecular weight excluding hydrogens is 266 g/mol. The fourth-order valence-corrected chi connectivity index (χ4v) is 2.24. The van der Waals surface area contributed by atoms with Gasteiger partial charge in [-0.3, -0.25) is 4.79 Å². The summed E-state index contributed by atoms with van der Waals surface area (Å²) in [5.74, 6) is 0.705. The minimum absolute atomic E-state index is 0.106. The summed E-state index contributed by atoms with van der Waals surface area (Å²) in [5.41, 5.74) is 0.959. The van der Waals surface area contributed by atoms with Gasteiger partial charge in [0.05, 0.1) is 7.11 Å². The largest absolute Gasteiger partial charge is 0.496 e. The monoisotopic (exact) mass is 293 g/mol. The molecule has 4 heteroatoms. The number of ether oxygens (including phenoxy) is 2. The molecule has 0 bridgehead atoms. The molecule has 0 heterocycles. The van der Waals surface area contributed by atoms with E-state index >= 15 is 0 Å². The number of hydrogen-bond donors (Lipinski definition) is 1. The van der Waals surface area contributed by atoms with Gasteiger partial charge in [-0.05, 0) is 44.0 Å². The van der Waals surface area contributed by atoms with Crippen molar-refractivity contribution in [3.05, 3.63) is 23.8 Å². The van der Waals surface area contributed by atoms with Gasteiger partial charge < -0.3 is 14.8 Å². The van der Waals surface area contributed by atoms with Crippen LogP contribution in [0.1, 0.15) is 45.1 Å². The third-order valence-corrected chi connectivity index (χ3v) is 3.84. The van der Waals surface area contributed by atoms with E-state index in [-0.39, 0.29) is 5.91 Å². The van der Waals surface area contributed by atoms with Gasteiger partial charge in [-0.15, -0.1) is 0 Å². The predicted octanol–water partition coefficient (Wildman–Crippen LogP) is 3.93. The summed E-state index contributed by atoms with van der Waals surface area (Å²) in [6, 6.07) is 5.59. The van der Waals surface area contributed by atoms with Gasteiger partial charge in [-0.25, -0.2) is 0 Å². The average molecular weight is 293 g/mol. The Hall–Kier alpha value is -1.55. The number of benzene rings is 1. The van der Waals surface area contributed by atoms with Crippen LogP contribution < -0.4 is 10.1 Å². The number of nitrogens with one attached hydrogen (secondary N) is 1. The molecule has 0 aliphatic carbocycles. The van der Waals surface area contributed by atoms with Crippen LogP contribution in [-0.2, 0) is 9.53 Å². The fraction of sp³-hybridized carbons (Fsp3) is 0.588. The zero-order valence-corrected chi connectivity index (χ0v) is 13.8.